The third-order valence-electron chi connectivity index (χ3n) is 2.91. The van der Waals surface area contributed by atoms with Crippen molar-refractivity contribution in [2.75, 3.05) is 19.2 Å². The highest BCUT2D eigenvalue weighted by molar-refractivity contribution is 7.17. The summed E-state index contributed by atoms with van der Waals surface area (Å²) in [5, 5.41) is 13.6. The van der Waals surface area contributed by atoms with Crippen molar-refractivity contribution in [3.63, 3.8) is 0 Å². The van der Waals surface area contributed by atoms with Crippen molar-refractivity contribution in [1.82, 2.24) is 0 Å². The molecule has 0 saturated heterocycles. The molecule has 0 bridgehead atoms. The van der Waals surface area contributed by atoms with Gasteiger partial charge < -0.3 is 15.2 Å². The summed E-state index contributed by atoms with van der Waals surface area (Å²) in [7, 11) is 1.50. The van der Waals surface area contributed by atoms with E-state index in [1.165, 1.54) is 30.6 Å². The smallest absolute Gasteiger partial charge is 0.416 e. The number of ether oxygens (including phenoxy) is 1. The number of halogens is 3. The third kappa shape index (κ3) is 3.30. The third-order valence-corrected chi connectivity index (χ3v) is 3.96. The van der Waals surface area contributed by atoms with E-state index >= 15 is 0 Å². The van der Waals surface area contributed by atoms with Crippen LogP contribution in [0.5, 0.6) is 5.75 Å². The molecule has 2 rings (SSSR count). The predicted molar refractivity (Wildman–Crippen MR) is 76.7 cm³/mol. The summed E-state index contributed by atoms with van der Waals surface area (Å²) in [6.07, 6.45) is -4.42. The van der Waals surface area contributed by atoms with Crippen LogP contribution >= 0.6 is 11.3 Å². The lowest BCUT2D eigenvalue weighted by atomic mass is 10.0. The summed E-state index contributed by atoms with van der Waals surface area (Å²) >= 11 is 1.27. The maximum absolute atomic E-state index is 12.8. The van der Waals surface area contributed by atoms with E-state index in [1.807, 2.05) is 0 Å². The number of alkyl halides is 3. The van der Waals surface area contributed by atoms with Crippen LogP contribution in [0, 0.1) is 6.92 Å². The van der Waals surface area contributed by atoms with E-state index in [0.717, 1.165) is 12.1 Å². The quantitative estimate of drug-likeness (QED) is 0.818. The van der Waals surface area contributed by atoms with Crippen LogP contribution in [-0.2, 0) is 10.9 Å². The fraction of sp³-hybridized carbons (Fsp3) is 0.286. The Balaban J connectivity index is 2.51. The van der Waals surface area contributed by atoms with Crippen LogP contribution in [0.25, 0.3) is 11.1 Å². The second-order valence-corrected chi connectivity index (χ2v) is 5.62. The first-order valence-corrected chi connectivity index (χ1v) is 6.89. The van der Waals surface area contributed by atoms with Crippen molar-refractivity contribution < 1.29 is 23.0 Å². The van der Waals surface area contributed by atoms with Crippen LogP contribution in [0.3, 0.4) is 0 Å². The molecule has 2 aromatic rings. The van der Waals surface area contributed by atoms with Crippen molar-refractivity contribution >= 4 is 16.3 Å². The van der Waals surface area contributed by atoms with Crippen LogP contribution in [0.1, 0.15) is 10.4 Å². The molecule has 0 spiro atoms. The standard InChI is InChI=1S/C14H14F3NO2S/c1-8-12(19)11(13(21-8)18-7-20-2)9-4-3-5-10(6-9)14(15,16)17/h3-6,18-19H,7H2,1-2H3. The molecule has 0 fully saturated rings. The molecule has 7 heteroatoms. The topological polar surface area (TPSA) is 41.5 Å². The minimum Gasteiger partial charge on any atom is -0.506 e. The summed E-state index contributed by atoms with van der Waals surface area (Å²) in [5.41, 5.74) is -0.0770. The van der Waals surface area contributed by atoms with Gasteiger partial charge in [-0.25, -0.2) is 0 Å². The van der Waals surface area contributed by atoms with Crippen LogP contribution in [-0.4, -0.2) is 18.9 Å². The molecule has 0 saturated carbocycles. The normalized spacial score (nSPS) is 11.7. The van der Waals surface area contributed by atoms with Crippen molar-refractivity contribution in [2.24, 2.45) is 0 Å². The summed E-state index contributed by atoms with van der Waals surface area (Å²) in [4.78, 5) is 0.626. The molecular formula is C14H14F3NO2S. The predicted octanol–water partition coefficient (Wildman–Crippen LogP) is 4.46. The van der Waals surface area contributed by atoms with E-state index in [-0.39, 0.29) is 12.5 Å². The number of anilines is 1. The van der Waals surface area contributed by atoms with Gasteiger partial charge in [-0.1, -0.05) is 12.1 Å². The molecule has 1 aromatic heterocycles. The lowest BCUT2D eigenvalue weighted by molar-refractivity contribution is -0.137. The average Bonchev–Trinajstić information content (AvgIpc) is 2.71. The highest BCUT2D eigenvalue weighted by Gasteiger charge is 2.31. The Morgan fingerprint density at radius 3 is 2.67 bits per heavy atom. The number of hydrogen-bond donors (Lipinski definition) is 2. The van der Waals surface area contributed by atoms with Gasteiger partial charge >= 0.3 is 6.18 Å². The van der Waals surface area contributed by atoms with Gasteiger partial charge in [0.05, 0.1) is 11.1 Å². The van der Waals surface area contributed by atoms with Gasteiger partial charge in [-0.2, -0.15) is 13.2 Å². The molecule has 21 heavy (non-hydrogen) atoms. The Bertz CT molecular complexity index is 638. The number of nitrogens with one attached hydrogen (secondary N) is 1. The first-order valence-electron chi connectivity index (χ1n) is 6.07. The monoisotopic (exact) mass is 317 g/mol. The molecule has 2 N–H and O–H groups in total. The first-order chi connectivity index (χ1) is 9.84. The Kier molecular flexibility index (Phi) is 4.43. The molecule has 3 nitrogen and oxygen atoms in total. The average molecular weight is 317 g/mol. The molecule has 0 aliphatic carbocycles. The molecule has 0 radical (unpaired) electrons. The van der Waals surface area contributed by atoms with Gasteiger partial charge in [0.1, 0.15) is 17.5 Å². The van der Waals surface area contributed by atoms with E-state index in [1.54, 1.807) is 6.92 Å². The lowest BCUT2D eigenvalue weighted by Crippen LogP contribution is -2.05. The largest absolute Gasteiger partial charge is 0.506 e. The number of methoxy groups -OCH3 is 1. The number of thiophene rings is 1. The second-order valence-electron chi connectivity index (χ2n) is 4.40. The molecule has 1 aromatic carbocycles. The fourth-order valence-corrected chi connectivity index (χ4v) is 2.87. The van der Waals surface area contributed by atoms with Crippen molar-refractivity contribution in [3.05, 3.63) is 34.7 Å². The molecular weight excluding hydrogens is 303 g/mol. The zero-order chi connectivity index (χ0) is 15.6. The van der Waals surface area contributed by atoms with E-state index in [4.69, 9.17) is 4.74 Å². The Labute approximate surface area is 124 Å². The number of benzene rings is 1. The zero-order valence-corrected chi connectivity index (χ0v) is 12.2. The summed E-state index contributed by atoms with van der Waals surface area (Å²) in [6, 6.07) is 4.89. The molecule has 0 amide bonds. The molecule has 1 heterocycles. The molecule has 114 valence electrons. The van der Waals surface area contributed by atoms with Crippen molar-refractivity contribution in [1.29, 1.82) is 0 Å². The number of aromatic hydroxyl groups is 1. The maximum atomic E-state index is 12.8. The van der Waals surface area contributed by atoms with Gasteiger partial charge in [0.2, 0.25) is 0 Å². The van der Waals surface area contributed by atoms with Crippen LogP contribution in [0.2, 0.25) is 0 Å². The Morgan fingerprint density at radius 2 is 2.05 bits per heavy atom. The van der Waals surface area contributed by atoms with Crippen molar-refractivity contribution in [2.45, 2.75) is 13.1 Å². The van der Waals surface area contributed by atoms with E-state index in [9.17, 15) is 18.3 Å². The van der Waals surface area contributed by atoms with Crippen LogP contribution < -0.4 is 5.32 Å². The van der Waals surface area contributed by atoms with Gasteiger partial charge in [-0.05, 0) is 24.6 Å². The van der Waals surface area contributed by atoms with Crippen molar-refractivity contribution in [3.8, 4) is 16.9 Å². The minimum absolute atomic E-state index is 0.0158. The summed E-state index contributed by atoms with van der Waals surface area (Å²) in [5.74, 6) is -0.0158. The van der Waals surface area contributed by atoms with E-state index in [0.29, 0.717) is 21.0 Å². The highest BCUT2D eigenvalue weighted by atomic mass is 32.1. The van der Waals surface area contributed by atoms with E-state index in [2.05, 4.69) is 5.32 Å². The van der Waals surface area contributed by atoms with Crippen LogP contribution in [0.4, 0.5) is 18.2 Å². The van der Waals surface area contributed by atoms with Gasteiger partial charge in [-0.15, -0.1) is 11.3 Å². The SMILES string of the molecule is COCNc1sc(C)c(O)c1-c1cccc(C(F)(F)F)c1. The fourth-order valence-electron chi connectivity index (χ4n) is 1.92. The summed E-state index contributed by atoms with van der Waals surface area (Å²) in [6.45, 7) is 1.90. The number of rotatable bonds is 4. The summed E-state index contributed by atoms with van der Waals surface area (Å²) < 4.78 is 43.3. The van der Waals surface area contributed by atoms with Gasteiger partial charge in [0, 0.05) is 12.0 Å². The molecule has 0 unspecified atom stereocenters. The number of aryl methyl sites for hydroxylation is 1. The second kappa shape index (κ2) is 5.95. The maximum Gasteiger partial charge on any atom is 0.416 e. The molecule has 0 aliphatic rings. The Morgan fingerprint density at radius 1 is 1.33 bits per heavy atom. The molecule has 0 atom stereocenters. The molecule has 0 aliphatic heterocycles. The van der Waals surface area contributed by atoms with Crippen LogP contribution in [0.15, 0.2) is 24.3 Å². The van der Waals surface area contributed by atoms with Gasteiger partial charge in [-0.3, -0.25) is 0 Å². The Hall–Kier alpha value is -1.73. The lowest BCUT2D eigenvalue weighted by Gasteiger charge is -2.10. The zero-order valence-electron chi connectivity index (χ0n) is 11.4. The highest BCUT2D eigenvalue weighted by Crippen LogP contribution is 2.46. The number of hydrogen-bond acceptors (Lipinski definition) is 4. The minimum atomic E-state index is -4.42. The van der Waals surface area contributed by atoms with E-state index < -0.39 is 11.7 Å². The first kappa shape index (κ1) is 15.7. The van der Waals surface area contributed by atoms with Gasteiger partial charge in [0.25, 0.3) is 0 Å². The van der Waals surface area contributed by atoms with Gasteiger partial charge in [0.15, 0.2) is 0 Å².